The summed E-state index contributed by atoms with van der Waals surface area (Å²) in [4.78, 5) is 0. The number of rotatable bonds is 4. The van der Waals surface area contributed by atoms with Crippen molar-refractivity contribution < 1.29 is 4.43 Å². The molecule has 0 aromatic heterocycles. The lowest BCUT2D eigenvalue weighted by Gasteiger charge is -2.36. The van der Waals surface area contributed by atoms with E-state index in [4.69, 9.17) is 4.43 Å². The van der Waals surface area contributed by atoms with Crippen molar-refractivity contribution in [3.05, 3.63) is 72.3 Å². The van der Waals surface area contributed by atoms with Crippen LogP contribution in [0.2, 0.25) is 18.1 Å². The van der Waals surface area contributed by atoms with E-state index in [2.05, 4.69) is 101 Å². The molecule has 130 valence electrons. The molecule has 25 heavy (non-hydrogen) atoms. The van der Waals surface area contributed by atoms with Crippen LogP contribution in [0.25, 0.3) is 21.9 Å². The van der Waals surface area contributed by atoms with Crippen molar-refractivity contribution in [2.45, 2.75) is 45.5 Å². The summed E-state index contributed by atoms with van der Waals surface area (Å²) < 4.78 is 6.36. The molecule has 0 amide bonds. The first-order chi connectivity index (χ1) is 11.8. The minimum atomic E-state index is -1.71. The Morgan fingerprint density at radius 3 is 2.08 bits per heavy atom. The van der Waals surface area contributed by atoms with Crippen molar-refractivity contribution in [3.8, 4) is 11.1 Å². The van der Waals surface area contributed by atoms with Gasteiger partial charge in [-0.2, -0.15) is 0 Å². The molecular formula is C23H28OSi. The molecule has 0 aliphatic heterocycles. The van der Waals surface area contributed by atoms with Crippen molar-refractivity contribution in [2.75, 3.05) is 0 Å². The third-order valence-electron chi connectivity index (χ3n) is 5.42. The Morgan fingerprint density at radius 2 is 1.40 bits per heavy atom. The monoisotopic (exact) mass is 348 g/mol. The van der Waals surface area contributed by atoms with Gasteiger partial charge in [0, 0.05) is 0 Å². The van der Waals surface area contributed by atoms with Gasteiger partial charge in [0.2, 0.25) is 0 Å². The normalized spacial score (nSPS) is 12.5. The maximum atomic E-state index is 6.36. The van der Waals surface area contributed by atoms with Crippen LogP contribution in [0.3, 0.4) is 0 Å². The van der Waals surface area contributed by atoms with Crippen molar-refractivity contribution in [1.29, 1.82) is 0 Å². The molecule has 0 fully saturated rings. The van der Waals surface area contributed by atoms with Gasteiger partial charge in [0.1, 0.15) is 0 Å². The van der Waals surface area contributed by atoms with Gasteiger partial charge < -0.3 is 4.43 Å². The highest BCUT2D eigenvalue weighted by atomic mass is 28.4. The maximum Gasteiger partial charge on any atom is 0.192 e. The summed E-state index contributed by atoms with van der Waals surface area (Å²) in [7, 11) is -1.71. The first-order valence-electron chi connectivity index (χ1n) is 8.98. The van der Waals surface area contributed by atoms with Gasteiger partial charge in [0.15, 0.2) is 8.32 Å². The van der Waals surface area contributed by atoms with Crippen LogP contribution in [-0.2, 0) is 11.0 Å². The number of benzene rings is 3. The predicted octanol–water partition coefficient (Wildman–Crippen LogP) is 7.03. The van der Waals surface area contributed by atoms with Crippen LogP contribution in [-0.4, -0.2) is 8.32 Å². The zero-order valence-corrected chi connectivity index (χ0v) is 17.0. The van der Waals surface area contributed by atoms with Crippen molar-refractivity contribution in [3.63, 3.8) is 0 Å². The Hall–Kier alpha value is -1.90. The van der Waals surface area contributed by atoms with E-state index in [1.165, 1.54) is 27.5 Å². The molecule has 0 bridgehead atoms. The first-order valence-corrected chi connectivity index (χ1v) is 11.9. The third-order valence-corrected chi connectivity index (χ3v) is 9.90. The fourth-order valence-electron chi connectivity index (χ4n) is 2.68. The highest BCUT2D eigenvalue weighted by Crippen LogP contribution is 2.37. The average molecular weight is 349 g/mol. The fourth-order valence-corrected chi connectivity index (χ4v) is 3.64. The van der Waals surface area contributed by atoms with Crippen LogP contribution >= 0.6 is 0 Å². The summed E-state index contributed by atoms with van der Waals surface area (Å²) in [6.45, 7) is 12.2. The second-order valence-electron chi connectivity index (χ2n) is 8.31. The van der Waals surface area contributed by atoms with Crippen LogP contribution in [0, 0.1) is 0 Å². The Balaban J connectivity index is 1.82. The number of fused-ring (bicyclic) bond motifs is 1. The molecule has 1 nitrogen and oxygen atoms in total. The Bertz CT molecular complexity index is 860. The van der Waals surface area contributed by atoms with E-state index in [1.54, 1.807) is 0 Å². The van der Waals surface area contributed by atoms with E-state index in [-0.39, 0.29) is 5.04 Å². The lowest BCUT2D eigenvalue weighted by atomic mass is 10.0. The van der Waals surface area contributed by atoms with E-state index >= 15 is 0 Å². The predicted molar refractivity (Wildman–Crippen MR) is 111 cm³/mol. The standard InChI is InChI=1S/C23H28OSi/c1-23(2,3)25(4,5)24-17-18-11-12-22-16-21(14-13-20(22)15-18)19-9-7-6-8-10-19/h6-16H,17H2,1-5H3. The molecule has 0 saturated heterocycles. The van der Waals surface area contributed by atoms with Gasteiger partial charge in [0.05, 0.1) is 6.61 Å². The molecule has 0 radical (unpaired) electrons. The molecule has 0 N–H and O–H groups in total. The number of hydrogen-bond acceptors (Lipinski definition) is 1. The zero-order chi connectivity index (χ0) is 18.1. The van der Waals surface area contributed by atoms with E-state index in [0.29, 0.717) is 6.61 Å². The summed E-state index contributed by atoms with van der Waals surface area (Å²) in [5, 5.41) is 2.79. The lowest BCUT2D eigenvalue weighted by Crippen LogP contribution is -2.40. The molecule has 0 spiro atoms. The van der Waals surface area contributed by atoms with Crippen molar-refractivity contribution >= 4 is 19.1 Å². The molecule has 3 aromatic carbocycles. The van der Waals surface area contributed by atoms with Crippen LogP contribution < -0.4 is 0 Å². The Morgan fingerprint density at radius 1 is 0.760 bits per heavy atom. The molecule has 0 aliphatic rings. The second-order valence-corrected chi connectivity index (χ2v) is 13.1. The van der Waals surface area contributed by atoms with Crippen LogP contribution in [0.15, 0.2) is 66.7 Å². The van der Waals surface area contributed by atoms with Crippen LogP contribution in [0.1, 0.15) is 26.3 Å². The van der Waals surface area contributed by atoms with Gasteiger partial charge >= 0.3 is 0 Å². The van der Waals surface area contributed by atoms with E-state index in [1.807, 2.05) is 0 Å². The summed E-state index contributed by atoms with van der Waals surface area (Å²) in [5.41, 5.74) is 3.78. The first kappa shape index (κ1) is 17.9. The van der Waals surface area contributed by atoms with Gasteiger partial charge in [-0.05, 0) is 57.7 Å². The van der Waals surface area contributed by atoms with Crippen molar-refractivity contribution in [1.82, 2.24) is 0 Å². The summed E-state index contributed by atoms with van der Waals surface area (Å²) in [6.07, 6.45) is 0. The minimum absolute atomic E-state index is 0.244. The van der Waals surface area contributed by atoms with Gasteiger partial charge in [-0.25, -0.2) is 0 Å². The highest BCUT2D eigenvalue weighted by molar-refractivity contribution is 6.74. The molecule has 0 atom stereocenters. The lowest BCUT2D eigenvalue weighted by molar-refractivity contribution is 0.276. The Labute approximate surface area is 152 Å². The average Bonchev–Trinajstić information content (AvgIpc) is 2.59. The quantitative estimate of drug-likeness (QED) is 0.460. The maximum absolute atomic E-state index is 6.36. The topological polar surface area (TPSA) is 9.23 Å². The minimum Gasteiger partial charge on any atom is -0.413 e. The largest absolute Gasteiger partial charge is 0.413 e. The smallest absolute Gasteiger partial charge is 0.192 e. The van der Waals surface area contributed by atoms with Gasteiger partial charge in [-0.3, -0.25) is 0 Å². The fraction of sp³-hybridized carbons (Fsp3) is 0.304. The zero-order valence-electron chi connectivity index (χ0n) is 16.0. The van der Waals surface area contributed by atoms with E-state index in [9.17, 15) is 0 Å². The summed E-state index contributed by atoms with van der Waals surface area (Å²) >= 11 is 0. The molecule has 3 aromatic rings. The van der Waals surface area contributed by atoms with Crippen LogP contribution in [0.4, 0.5) is 0 Å². The second kappa shape index (κ2) is 6.78. The van der Waals surface area contributed by atoms with E-state index in [0.717, 1.165) is 0 Å². The molecule has 2 heteroatoms. The van der Waals surface area contributed by atoms with Crippen LogP contribution in [0.5, 0.6) is 0 Å². The van der Waals surface area contributed by atoms with Crippen molar-refractivity contribution in [2.24, 2.45) is 0 Å². The van der Waals surface area contributed by atoms with Gasteiger partial charge in [-0.15, -0.1) is 0 Å². The summed E-state index contributed by atoms with van der Waals surface area (Å²) in [5.74, 6) is 0. The number of hydrogen-bond donors (Lipinski definition) is 0. The molecular weight excluding hydrogens is 320 g/mol. The SMILES string of the molecule is CC(C)(C)[Si](C)(C)OCc1ccc2cc(-c3ccccc3)ccc2c1. The molecule has 3 rings (SSSR count). The Kier molecular flexibility index (Phi) is 4.85. The third kappa shape index (κ3) is 4.02. The highest BCUT2D eigenvalue weighted by Gasteiger charge is 2.36. The molecule has 0 saturated carbocycles. The van der Waals surface area contributed by atoms with E-state index < -0.39 is 8.32 Å². The molecule has 0 heterocycles. The molecule has 0 aliphatic carbocycles. The van der Waals surface area contributed by atoms with Gasteiger partial charge in [0.25, 0.3) is 0 Å². The molecule has 0 unspecified atom stereocenters. The summed E-state index contributed by atoms with van der Waals surface area (Å²) in [6, 6.07) is 23.9. The van der Waals surface area contributed by atoms with Gasteiger partial charge in [-0.1, -0.05) is 75.4 Å².